The van der Waals surface area contributed by atoms with E-state index in [1.165, 1.54) is 44.6 Å². The van der Waals surface area contributed by atoms with Gasteiger partial charge in [-0.2, -0.15) is 9.29 Å². The Morgan fingerprint density at radius 1 is 0.685 bits per heavy atom. The van der Waals surface area contributed by atoms with Gasteiger partial charge in [-0.3, -0.25) is 23.2 Å². The van der Waals surface area contributed by atoms with Crippen LogP contribution in [0.2, 0.25) is 0 Å². The van der Waals surface area contributed by atoms with Gasteiger partial charge in [-0.1, -0.05) is 132 Å². The number of nitrogens with two attached hydrogens (primary N) is 1. The van der Waals surface area contributed by atoms with Crippen molar-refractivity contribution in [3.05, 3.63) is 83.5 Å². The van der Waals surface area contributed by atoms with E-state index in [0.29, 0.717) is 19.3 Å². The summed E-state index contributed by atoms with van der Waals surface area (Å²) >= 11 is 0. The van der Waals surface area contributed by atoms with E-state index < -0.39 is 83.7 Å². The summed E-state index contributed by atoms with van der Waals surface area (Å²) in [7, 11) is -10.9. The average Bonchev–Trinajstić information content (AvgIpc) is 4.04. The van der Waals surface area contributed by atoms with Gasteiger partial charge in [0, 0.05) is 19.0 Å². The Kier molecular flexibility index (Phi) is 32.5. The van der Waals surface area contributed by atoms with Gasteiger partial charge < -0.3 is 44.7 Å². The summed E-state index contributed by atoms with van der Waals surface area (Å²) in [6.07, 6.45) is 37.3. The molecule has 1 aromatic rings. The van der Waals surface area contributed by atoms with Gasteiger partial charge in [-0.15, -0.1) is 0 Å². The molecule has 0 bridgehead atoms. The summed E-state index contributed by atoms with van der Waals surface area (Å²) in [5, 5.41) is 20.9. The fourth-order valence-corrected chi connectivity index (χ4v) is 9.89. The Labute approximate surface area is 432 Å². The third-order valence-electron chi connectivity index (χ3n) is 12.0. The first-order chi connectivity index (χ1) is 35.1. The lowest BCUT2D eigenvalue weighted by Gasteiger charge is -2.21. The van der Waals surface area contributed by atoms with E-state index >= 15 is 0 Å². The smallest absolute Gasteiger partial charge is 0.462 e. The molecular weight excluding hydrogens is 985 g/mol. The Balaban J connectivity index is 1.41. The molecule has 1 aromatic heterocycles. The van der Waals surface area contributed by atoms with Crippen LogP contribution in [0.15, 0.2) is 77.8 Å². The lowest BCUT2D eigenvalue weighted by Crippen LogP contribution is -2.36. The molecule has 0 spiro atoms. The minimum absolute atomic E-state index is 0.00910. The fourth-order valence-electron chi connectivity index (χ4n) is 7.78. The second-order valence-corrected chi connectivity index (χ2v) is 21.4. The van der Waals surface area contributed by atoms with Gasteiger partial charge >= 0.3 is 33.3 Å². The van der Waals surface area contributed by atoms with Crippen LogP contribution in [0.1, 0.15) is 174 Å². The number of anilines is 1. The van der Waals surface area contributed by atoms with Crippen LogP contribution >= 0.6 is 15.6 Å². The number of phosphoric ester groups is 2. The number of unbranched alkanes of at least 4 members (excludes halogenated alkanes) is 13. The van der Waals surface area contributed by atoms with Crippen molar-refractivity contribution < 1.29 is 71.0 Å². The fraction of sp³-hybridized carbons (Fsp3) is 0.692. The Bertz CT molecular complexity index is 2030. The van der Waals surface area contributed by atoms with Gasteiger partial charge in [0.1, 0.15) is 30.7 Å². The van der Waals surface area contributed by atoms with Crippen LogP contribution in [0.4, 0.5) is 5.82 Å². The monoisotopic (exact) mass is 1070 g/mol. The molecule has 0 radical (unpaired) electrons. The van der Waals surface area contributed by atoms with Crippen LogP contribution in [0.5, 0.6) is 0 Å². The summed E-state index contributed by atoms with van der Waals surface area (Å²) in [6, 6.07) is 1.24. The summed E-state index contributed by atoms with van der Waals surface area (Å²) < 4.78 is 62.6. The van der Waals surface area contributed by atoms with Gasteiger partial charge in [0.05, 0.1) is 25.4 Å². The van der Waals surface area contributed by atoms with Crippen molar-refractivity contribution in [3.63, 3.8) is 0 Å². The van der Waals surface area contributed by atoms with E-state index in [4.69, 9.17) is 33.7 Å². The number of aromatic nitrogens is 2. The van der Waals surface area contributed by atoms with Crippen LogP contribution in [0.3, 0.4) is 0 Å². The number of ether oxygens (including phenoxy) is 4. The average molecular weight is 1070 g/mol. The second-order valence-electron chi connectivity index (χ2n) is 18.4. The Morgan fingerprint density at radius 2 is 1.23 bits per heavy atom. The van der Waals surface area contributed by atoms with Gasteiger partial charge in [0.25, 0.3) is 0 Å². The van der Waals surface area contributed by atoms with Gasteiger partial charge in [0.2, 0.25) is 0 Å². The predicted molar refractivity (Wildman–Crippen MR) is 279 cm³/mol. The first-order valence-corrected chi connectivity index (χ1v) is 29.4. The van der Waals surface area contributed by atoms with Gasteiger partial charge in [0.15, 0.2) is 12.3 Å². The zero-order chi connectivity index (χ0) is 53.2. The van der Waals surface area contributed by atoms with Crippen molar-refractivity contribution in [1.82, 2.24) is 9.55 Å². The molecule has 0 amide bonds. The third kappa shape index (κ3) is 29.3. The predicted octanol–water partition coefficient (Wildman–Crippen LogP) is 10.1. The number of epoxide rings is 1. The van der Waals surface area contributed by atoms with Crippen LogP contribution in [0, 0.1) is 0 Å². The quantitative estimate of drug-likeness (QED) is 0.0134. The maximum atomic E-state index is 13.0. The number of hydrogen-bond donors (Lipinski definition) is 5. The molecule has 73 heavy (non-hydrogen) atoms. The second kappa shape index (κ2) is 37.2. The van der Waals surface area contributed by atoms with Crippen LogP contribution in [0.25, 0.3) is 0 Å². The molecule has 0 saturated carbocycles. The number of carbonyl (C=O) groups is 2. The standard InChI is InChI=1S/C52H85N3O16P2/c1-3-5-7-9-11-13-15-17-18-19-20-21-23-25-27-29-31-35-47(56)65-39-42(68-48(57)36-32-34-44-43(69-44)33-30-28-26-24-22-16-14-12-10-8-6-4-2)40-66-72(61,62)71-73(63,64)67-41-45-49(58)50(59)51(70-45)55-38-37-46(53)54-52(55)60/h11-14,17-18,22,24,28,30,37-38,42-45,49-51,58-59H,3-10,15-16,19-21,23,25-27,29,31-36,39-41H2,1-2H3,(H,61,62)(H,63,64)(H2,53,54,60)/b13-11-,14-12-,18-17-,24-22-,30-28-/t42-,43?,44?,45-,49-,50-,51-/m1/s1. The molecule has 4 unspecified atom stereocenters. The van der Waals surface area contributed by atoms with E-state index in [0.717, 1.165) is 94.2 Å². The molecule has 3 heterocycles. The third-order valence-corrected chi connectivity index (χ3v) is 14.6. The first-order valence-electron chi connectivity index (χ1n) is 26.4. The molecule has 19 nitrogen and oxygen atoms in total. The molecule has 2 saturated heterocycles. The number of nitrogen functional groups attached to an aromatic ring is 1. The maximum Gasteiger partial charge on any atom is 0.481 e. The summed E-state index contributed by atoms with van der Waals surface area (Å²) in [5.41, 5.74) is 4.59. The molecule has 2 aliphatic rings. The first kappa shape index (κ1) is 63.7. The number of phosphoric acid groups is 2. The topological polar surface area (TPSA) is 278 Å². The lowest BCUT2D eigenvalue weighted by atomic mass is 10.1. The van der Waals surface area contributed by atoms with Crippen LogP contribution in [-0.4, -0.2) is 97.9 Å². The summed E-state index contributed by atoms with van der Waals surface area (Å²) in [4.78, 5) is 62.1. The number of carbonyl (C=O) groups excluding carboxylic acids is 2. The highest BCUT2D eigenvalue weighted by Gasteiger charge is 2.46. The van der Waals surface area contributed by atoms with E-state index in [-0.39, 0.29) is 30.9 Å². The molecule has 21 heteroatoms. The molecule has 414 valence electrons. The molecule has 9 atom stereocenters. The molecule has 6 N–H and O–H groups in total. The normalized spacial score (nSPS) is 22.2. The number of allylic oxidation sites excluding steroid dienone is 9. The minimum Gasteiger partial charge on any atom is -0.462 e. The van der Waals surface area contributed by atoms with Crippen LogP contribution in [-0.2, 0) is 51.0 Å². The molecule has 0 aromatic carbocycles. The van der Waals surface area contributed by atoms with Gasteiger partial charge in [-0.25, -0.2) is 13.9 Å². The minimum atomic E-state index is -5.45. The molecular formula is C52H85N3O16P2. The number of aliphatic hydroxyl groups is 2. The lowest BCUT2D eigenvalue weighted by molar-refractivity contribution is -0.161. The van der Waals surface area contributed by atoms with E-state index in [1.54, 1.807) is 0 Å². The zero-order valence-electron chi connectivity index (χ0n) is 43.1. The highest BCUT2D eigenvalue weighted by atomic mass is 31.3. The molecule has 2 fully saturated rings. The Morgan fingerprint density at radius 3 is 1.85 bits per heavy atom. The number of nitrogens with zero attached hydrogens (tertiary/aromatic N) is 2. The molecule has 0 aliphatic carbocycles. The number of esters is 2. The van der Waals surface area contributed by atoms with Crippen molar-refractivity contribution in [1.29, 1.82) is 0 Å². The summed E-state index contributed by atoms with van der Waals surface area (Å²) in [5.74, 6) is -1.39. The zero-order valence-corrected chi connectivity index (χ0v) is 44.9. The number of rotatable bonds is 42. The summed E-state index contributed by atoms with van der Waals surface area (Å²) in [6.45, 7) is 2.03. The van der Waals surface area contributed by atoms with Gasteiger partial charge in [-0.05, 0) is 89.5 Å². The molecule has 3 rings (SSSR count). The SMILES string of the molecule is CCCCC/C=C\C/C=C\C/C=C\CC1OC1CCCC(=O)O[C@H](COC(=O)CCCCCCCCC/C=C\C/C=C\CCCCC)COP(=O)(O)OP(=O)(O)OC[C@H]1O[C@@H](n2ccc(N)nc2=O)[C@H](O)[C@@H]1O. The largest absolute Gasteiger partial charge is 0.481 e. The van der Waals surface area contributed by atoms with Crippen LogP contribution < -0.4 is 11.4 Å². The van der Waals surface area contributed by atoms with Crippen molar-refractivity contribution in [2.45, 2.75) is 211 Å². The number of hydrogen-bond acceptors (Lipinski definition) is 16. The van der Waals surface area contributed by atoms with Crippen molar-refractivity contribution in [3.8, 4) is 0 Å². The van der Waals surface area contributed by atoms with E-state index in [9.17, 15) is 43.5 Å². The van der Waals surface area contributed by atoms with Crippen molar-refractivity contribution in [2.75, 3.05) is 25.6 Å². The maximum absolute atomic E-state index is 13.0. The van der Waals surface area contributed by atoms with E-state index in [1.807, 2.05) is 0 Å². The van der Waals surface area contributed by atoms with Crippen molar-refractivity contribution >= 4 is 33.4 Å². The van der Waals surface area contributed by atoms with E-state index in [2.05, 4.69) is 83.9 Å². The highest BCUT2D eigenvalue weighted by Crippen LogP contribution is 2.60. The van der Waals surface area contributed by atoms with Crippen molar-refractivity contribution in [2.24, 2.45) is 0 Å². The molecule has 2 aliphatic heterocycles. The number of aliphatic hydroxyl groups excluding tert-OH is 2. The Hall–Kier alpha value is -3.58. The highest BCUT2D eigenvalue weighted by molar-refractivity contribution is 7.61.